The van der Waals surface area contributed by atoms with Crippen molar-refractivity contribution in [3.05, 3.63) is 89.1 Å². The summed E-state index contributed by atoms with van der Waals surface area (Å²) in [5.74, 6) is 0.443. The van der Waals surface area contributed by atoms with Gasteiger partial charge in [0.15, 0.2) is 0 Å². The largest absolute Gasteiger partial charge is 0.393 e. The number of aromatic nitrogens is 2. The normalized spacial score (nSPS) is 15.5. The van der Waals surface area contributed by atoms with Crippen LogP contribution in [-0.2, 0) is 6.54 Å². The van der Waals surface area contributed by atoms with Gasteiger partial charge in [0, 0.05) is 42.1 Å². The molecule has 2 N–H and O–H groups in total. The maximum absolute atomic E-state index is 13.8. The zero-order valence-electron chi connectivity index (χ0n) is 22.5. The fourth-order valence-electron chi connectivity index (χ4n) is 5.36. The Kier molecular flexibility index (Phi) is 7.04. The number of aryl methyl sites for hydroxylation is 1. The molecule has 1 aromatic heterocycles. The highest BCUT2D eigenvalue weighted by Gasteiger charge is 2.31. The van der Waals surface area contributed by atoms with E-state index in [0.717, 1.165) is 59.7 Å². The van der Waals surface area contributed by atoms with Crippen LogP contribution in [0.4, 0.5) is 33.5 Å². The predicted molar refractivity (Wildman–Crippen MR) is 161 cm³/mol. The molecular formula is C31H31ClN6O2. The van der Waals surface area contributed by atoms with Gasteiger partial charge in [-0.2, -0.15) is 0 Å². The number of aliphatic hydroxyl groups excluding tert-OH is 1. The molecule has 1 fully saturated rings. The van der Waals surface area contributed by atoms with Crippen LogP contribution in [-0.4, -0.2) is 47.3 Å². The summed E-state index contributed by atoms with van der Waals surface area (Å²) in [6.45, 7) is 4.03. The summed E-state index contributed by atoms with van der Waals surface area (Å²) in [4.78, 5) is 28.8. The zero-order chi connectivity index (χ0) is 27.8. The van der Waals surface area contributed by atoms with Crippen LogP contribution in [0.25, 0.3) is 11.3 Å². The van der Waals surface area contributed by atoms with Gasteiger partial charge in [-0.15, -0.1) is 0 Å². The summed E-state index contributed by atoms with van der Waals surface area (Å²) in [5, 5.41) is 13.7. The summed E-state index contributed by atoms with van der Waals surface area (Å²) in [5.41, 5.74) is 6.83. The molecule has 1 saturated heterocycles. The van der Waals surface area contributed by atoms with Gasteiger partial charge >= 0.3 is 6.03 Å². The first kappa shape index (κ1) is 26.1. The van der Waals surface area contributed by atoms with Crippen molar-refractivity contribution in [1.82, 2.24) is 9.97 Å². The van der Waals surface area contributed by atoms with Crippen molar-refractivity contribution in [3.63, 3.8) is 0 Å². The third kappa shape index (κ3) is 4.96. The van der Waals surface area contributed by atoms with Crippen LogP contribution < -0.4 is 20.0 Å². The average Bonchev–Trinajstić information content (AvgIpc) is 3.05. The number of anilines is 5. The molecule has 2 aliphatic rings. The summed E-state index contributed by atoms with van der Waals surface area (Å²) in [6.07, 6.45) is 3.07. The summed E-state index contributed by atoms with van der Waals surface area (Å²) >= 11 is 6.55. The van der Waals surface area contributed by atoms with Crippen LogP contribution in [0.5, 0.6) is 0 Å². The number of nitrogens with one attached hydrogen (secondary N) is 1. The number of fused-ring (bicyclic) bond motifs is 3. The lowest BCUT2D eigenvalue weighted by Gasteiger charge is -2.31. The van der Waals surface area contributed by atoms with Crippen molar-refractivity contribution in [1.29, 1.82) is 0 Å². The lowest BCUT2D eigenvalue weighted by atomic mass is 10.1. The van der Waals surface area contributed by atoms with Crippen LogP contribution >= 0.6 is 11.6 Å². The fourth-order valence-corrected chi connectivity index (χ4v) is 5.64. The van der Waals surface area contributed by atoms with Gasteiger partial charge in [0.1, 0.15) is 5.69 Å². The number of halogens is 1. The molecule has 3 heterocycles. The molecule has 2 aliphatic heterocycles. The van der Waals surface area contributed by atoms with Crippen LogP contribution in [0.2, 0.25) is 5.02 Å². The second kappa shape index (κ2) is 10.8. The molecule has 0 bridgehead atoms. The van der Waals surface area contributed by atoms with E-state index in [-0.39, 0.29) is 12.1 Å². The van der Waals surface area contributed by atoms with E-state index in [1.165, 1.54) is 0 Å². The summed E-state index contributed by atoms with van der Waals surface area (Å²) in [7, 11) is 1.74. The Bertz CT molecular complexity index is 1530. The SMILES string of the molecule is Cc1cccc(Cl)c1CN1C(=O)N(C)c2cnc(Nc3ccc(N4CCC(O)CC4)cc3)nc2-c2ccccc21. The number of hydrogen-bond acceptors (Lipinski definition) is 6. The number of carbonyl (C=O) groups is 1. The Morgan fingerprint density at radius 3 is 2.50 bits per heavy atom. The lowest BCUT2D eigenvalue weighted by molar-refractivity contribution is 0.145. The minimum absolute atomic E-state index is 0.185. The molecule has 3 aromatic carbocycles. The highest BCUT2D eigenvalue weighted by atomic mass is 35.5. The van der Waals surface area contributed by atoms with E-state index in [9.17, 15) is 9.90 Å². The van der Waals surface area contributed by atoms with Crippen molar-refractivity contribution in [2.75, 3.05) is 40.2 Å². The summed E-state index contributed by atoms with van der Waals surface area (Å²) < 4.78 is 0. The predicted octanol–water partition coefficient (Wildman–Crippen LogP) is 6.39. The molecule has 204 valence electrons. The Labute approximate surface area is 238 Å². The fraction of sp³-hybridized carbons (Fsp3) is 0.258. The standard InChI is InChI=1S/C31H31ClN6O2/c1-20-6-5-8-26(32)25(20)19-38-27-9-4-3-7-24(27)29-28(36(2)31(38)40)18-33-30(35-29)34-21-10-12-22(13-11-21)37-16-14-23(39)15-17-37/h3-13,18,23,39H,14-17,19H2,1-2H3,(H,33,34,35). The number of amides is 2. The van der Waals surface area contributed by atoms with Gasteiger partial charge < -0.3 is 15.3 Å². The third-order valence-corrected chi connectivity index (χ3v) is 8.08. The van der Waals surface area contributed by atoms with E-state index in [4.69, 9.17) is 16.6 Å². The van der Waals surface area contributed by atoms with Crippen LogP contribution in [0.1, 0.15) is 24.0 Å². The van der Waals surface area contributed by atoms with Crippen molar-refractivity contribution in [2.45, 2.75) is 32.4 Å². The van der Waals surface area contributed by atoms with Gasteiger partial charge in [0.2, 0.25) is 5.95 Å². The van der Waals surface area contributed by atoms with Crippen molar-refractivity contribution >= 4 is 46.3 Å². The van der Waals surface area contributed by atoms with E-state index in [1.807, 2.05) is 61.5 Å². The Hall–Kier alpha value is -4.14. The molecule has 8 nitrogen and oxygen atoms in total. The number of hydrogen-bond donors (Lipinski definition) is 2. The number of piperidine rings is 1. The molecule has 0 atom stereocenters. The van der Waals surface area contributed by atoms with Crippen LogP contribution in [0.3, 0.4) is 0 Å². The Balaban J connectivity index is 1.31. The molecule has 0 aliphatic carbocycles. The molecule has 2 amide bonds. The van der Waals surface area contributed by atoms with Crippen molar-refractivity contribution in [3.8, 4) is 11.3 Å². The van der Waals surface area contributed by atoms with E-state index in [0.29, 0.717) is 28.9 Å². The number of urea groups is 1. The molecule has 0 radical (unpaired) electrons. The van der Waals surface area contributed by atoms with Gasteiger partial charge in [-0.05, 0) is 67.3 Å². The number of nitrogens with zero attached hydrogens (tertiary/aromatic N) is 5. The van der Waals surface area contributed by atoms with Gasteiger partial charge in [-0.25, -0.2) is 14.8 Å². The first-order valence-electron chi connectivity index (χ1n) is 13.4. The smallest absolute Gasteiger partial charge is 0.329 e. The van der Waals surface area contributed by atoms with Gasteiger partial charge in [0.05, 0.1) is 30.2 Å². The van der Waals surface area contributed by atoms with Crippen LogP contribution in [0.15, 0.2) is 72.9 Å². The Morgan fingerprint density at radius 2 is 1.75 bits per heavy atom. The molecule has 0 saturated carbocycles. The number of carbonyl (C=O) groups excluding carboxylic acids is 1. The lowest BCUT2D eigenvalue weighted by Crippen LogP contribution is -2.40. The second-order valence-electron chi connectivity index (χ2n) is 10.3. The van der Waals surface area contributed by atoms with Gasteiger partial charge in [0.25, 0.3) is 0 Å². The highest BCUT2D eigenvalue weighted by Crippen LogP contribution is 2.41. The topological polar surface area (TPSA) is 84.8 Å². The quantitative estimate of drug-likeness (QED) is 0.297. The number of benzene rings is 3. The van der Waals surface area contributed by atoms with E-state index in [1.54, 1.807) is 23.0 Å². The first-order chi connectivity index (χ1) is 19.4. The van der Waals surface area contributed by atoms with E-state index < -0.39 is 0 Å². The number of rotatable bonds is 5. The second-order valence-corrected chi connectivity index (χ2v) is 10.7. The number of para-hydroxylation sites is 1. The van der Waals surface area contributed by atoms with Gasteiger partial charge in [-0.1, -0.05) is 41.9 Å². The Morgan fingerprint density at radius 1 is 1.00 bits per heavy atom. The maximum Gasteiger partial charge on any atom is 0.329 e. The molecule has 9 heteroatoms. The van der Waals surface area contributed by atoms with Crippen LogP contribution in [0, 0.1) is 6.92 Å². The first-order valence-corrected chi connectivity index (χ1v) is 13.8. The minimum Gasteiger partial charge on any atom is -0.393 e. The minimum atomic E-state index is -0.200. The summed E-state index contributed by atoms with van der Waals surface area (Å²) in [6, 6.07) is 21.5. The van der Waals surface area contributed by atoms with E-state index >= 15 is 0 Å². The number of aliphatic hydroxyl groups is 1. The molecule has 0 spiro atoms. The molecule has 4 aromatic rings. The average molecular weight is 555 g/mol. The molecular weight excluding hydrogens is 524 g/mol. The highest BCUT2D eigenvalue weighted by molar-refractivity contribution is 6.31. The third-order valence-electron chi connectivity index (χ3n) is 7.72. The van der Waals surface area contributed by atoms with Crippen molar-refractivity contribution < 1.29 is 9.90 Å². The molecule has 40 heavy (non-hydrogen) atoms. The monoisotopic (exact) mass is 554 g/mol. The molecule has 6 rings (SSSR count). The maximum atomic E-state index is 13.8. The zero-order valence-corrected chi connectivity index (χ0v) is 23.3. The molecule has 0 unspecified atom stereocenters. The van der Waals surface area contributed by atoms with E-state index in [2.05, 4.69) is 27.3 Å². The van der Waals surface area contributed by atoms with Gasteiger partial charge in [-0.3, -0.25) is 9.80 Å². The van der Waals surface area contributed by atoms with Crippen molar-refractivity contribution in [2.24, 2.45) is 0 Å².